The summed E-state index contributed by atoms with van der Waals surface area (Å²) in [6.45, 7) is 7.09. The first-order chi connectivity index (χ1) is 14.8. The van der Waals surface area contributed by atoms with Crippen molar-refractivity contribution < 1.29 is 9.53 Å². The second kappa shape index (κ2) is 24.5. The third-order valence-corrected chi connectivity index (χ3v) is 6.14. The molecule has 0 saturated heterocycles. The Morgan fingerprint density at radius 1 is 0.567 bits per heavy atom. The van der Waals surface area contributed by atoms with E-state index < -0.39 is 0 Å². The number of allylic oxidation sites excluding steroid dienone is 1. The molecule has 0 aliphatic carbocycles. The summed E-state index contributed by atoms with van der Waals surface area (Å²) in [5, 5.41) is 0. The van der Waals surface area contributed by atoms with Crippen LogP contribution in [-0.4, -0.2) is 12.6 Å². The van der Waals surface area contributed by atoms with Gasteiger partial charge in [0.15, 0.2) is 0 Å². The molecule has 0 aromatic carbocycles. The van der Waals surface area contributed by atoms with Crippen molar-refractivity contribution in [2.45, 2.75) is 156 Å². The van der Waals surface area contributed by atoms with Gasteiger partial charge in [-0.1, -0.05) is 135 Å². The van der Waals surface area contributed by atoms with Gasteiger partial charge in [-0.25, -0.2) is 4.79 Å². The summed E-state index contributed by atoms with van der Waals surface area (Å²) in [6, 6.07) is 0. The molecule has 30 heavy (non-hydrogen) atoms. The summed E-state index contributed by atoms with van der Waals surface area (Å²) >= 11 is 0. The van der Waals surface area contributed by atoms with E-state index in [9.17, 15) is 4.79 Å². The van der Waals surface area contributed by atoms with Crippen LogP contribution in [0, 0.1) is 0 Å². The number of hydrogen-bond donors (Lipinski definition) is 0. The number of esters is 1. The first kappa shape index (κ1) is 29.2. The lowest BCUT2D eigenvalue weighted by Gasteiger charge is -2.08. The van der Waals surface area contributed by atoms with Crippen LogP contribution in [0.3, 0.4) is 0 Å². The highest BCUT2D eigenvalue weighted by atomic mass is 16.5. The van der Waals surface area contributed by atoms with Crippen molar-refractivity contribution in [2.75, 3.05) is 6.61 Å². The van der Waals surface area contributed by atoms with Crippen molar-refractivity contribution in [3.05, 3.63) is 11.6 Å². The van der Waals surface area contributed by atoms with E-state index in [0.717, 1.165) is 24.8 Å². The van der Waals surface area contributed by atoms with Gasteiger partial charge in [-0.2, -0.15) is 0 Å². The quantitative estimate of drug-likeness (QED) is 0.0930. The second-order valence-electron chi connectivity index (χ2n) is 9.06. The van der Waals surface area contributed by atoms with Crippen molar-refractivity contribution in [3.8, 4) is 0 Å². The van der Waals surface area contributed by atoms with Gasteiger partial charge in [-0.3, -0.25) is 0 Å². The van der Waals surface area contributed by atoms with Crippen molar-refractivity contribution >= 4 is 5.97 Å². The molecule has 0 atom stereocenters. The minimum absolute atomic E-state index is 0.0793. The summed E-state index contributed by atoms with van der Waals surface area (Å²) in [5.74, 6) is -0.0793. The fraction of sp³-hybridized carbons (Fsp3) is 0.893. The molecular formula is C28H54O2. The SMILES string of the molecule is CC=C(CCCCCCCCCCCC)C(=O)OCCCCCCCCCCCC. The van der Waals surface area contributed by atoms with Gasteiger partial charge in [0.05, 0.1) is 6.61 Å². The van der Waals surface area contributed by atoms with E-state index in [0.29, 0.717) is 6.61 Å². The third kappa shape index (κ3) is 20.5. The zero-order valence-electron chi connectivity index (χ0n) is 21.0. The summed E-state index contributed by atoms with van der Waals surface area (Å²) in [6.07, 6.45) is 29.2. The number of carbonyl (C=O) groups is 1. The Kier molecular flexibility index (Phi) is 23.8. The molecule has 0 saturated carbocycles. The number of unbranched alkanes of at least 4 members (excludes halogenated alkanes) is 18. The summed E-state index contributed by atoms with van der Waals surface area (Å²) in [4.78, 5) is 12.2. The fourth-order valence-corrected chi connectivity index (χ4v) is 4.01. The van der Waals surface area contributed by atoms with E-state index in [4.69, 9.17) is 4.74 Å². The van der Waals surface area contributed by atoms with Crippen molar-refractivity contribution in [1.82, 2.24) is 0 Å². The maximum atomic E-state index is 12.2. The van der Waals surface area contributed by atoms with Gasteiger partial charge in [-0.05, 0) is 26.2 Å². The summed E-state index contributed by atoms with van der Waals surface area (Å²) in [7, 11) is 0. The minimum Gasteiger partial charge on any atom is -0.462 e. The predicted octanol–water partition coefficient (Wildman–Crippen LogP) is 9.71. The second-order valence-corrected chi connectivity index (χ2v) is 9.06. The molecule has 0 heterocycles. The van der Waals surface area contributed by atoms with Crippen molar-refractivity contribution in [3.63, 3.8) is 0 Å². The van der Waals surface area contributed by atoms with Gasteiger partial charge in [0, 0.05) is 5.57 Å². The van der Waals surface area contributed by atoms with Gasteiger partial charge in [0.1, 0.15) is 0 Å². The van der Waals surface area contributed by atoms with Crippen LogP contribution in [0.15, 0.2) is 11.6 Å². The Bertz CT molecular complexity index is 386. The Morgan fingerprint density at radius 2 is 0.933 bits per heavy atom. The molecule has 0 amide bonds. The van der Waals surface area contributed by atoms with E-state index in [-0.39, 0.29) is 5.97 Å². The zero-order chi connectivity index (χ0) is 22.1. The Labute approximate surface area is 189 Å². The first-order valence-electron chi connectivity index (χ1n) is 13.6. The number of carbonyl (C=O) groups excluding carboxylic acids is 1. The van der Waals surface area contributed by atoms with E-state index in [1.165, 1.54) is 116 Å². The van der Waals surface area contributed by atoms with Gasteiger partial charge < -0.3 is 4.74 Å². The van der Waals surface area contributed by atoms with Gasteiger partial charge >= 0.3 is 5.97 Å². The van der Waals surface area contributed by atoms with E-state index >= 15 is 0 Å². The molecule has 0 fully saturated rings. The molecule has 0 spiro atoms. The largest absolute Gasteiger partial charge is 0.462 e. The topological polar surface area (TPSA) is 26.3 Å². The number of hydrogen-bond acceptors (Lipinski definition) is 2. The van der Waals surface area contributed by atoms with Crippen LogP contribution in [0.4, 0.5) is 0 Å². The molecule has 0 bridgehead atoms. The number of ether oxygens (including phenoxy) is 1. The lowest BCUT2D eigenvalue weighted by Crippen LogP contribution is -2.09. The average molecular weight is 423 g/mol. The highest BCUT2D eigenvalue weighted by molar-refractivity contribution is 5.88. The fourth-order valence-electron chi connectivity index (χ4n) is 4.01. The van der Waals surface area contributed by atoms with Gasteiger partial charge in [0.25, 0.3) is 0 Å². The van der Waals surface area contributed by atoms with E-state index in [2.05, 4.69) is 13.8 Å². The molecule has 0 rings (SSSR count). The monoisotopic (exact) mass is 422 g/mol. The molecular weight excluding hydrogens is 368 g/mol. The summed E-state index contributed by atoms with van der Waals surface area (Å²) < 4.78 is 5.50. The molecule has 2 nitrogen and oxygen atoms in total. The van der Waals surface area contributed by atoms with E-state index in [1.54, 1.807) is 0 Å². The normalized spacial score (nSPS) is 11.8. The van der Waals surface area contributed by atoms with Crippen molar-refractivity contribution in [1.29, 1.82) is 0 Å². The standard InChI is InChI=1S/C28H54O2/c1-4-7-9-11-13-15-17-19-21-23-25-27(6-3)28(29)30-26-24-22-20-18-16-14-12-10-8-5-2/h6H,4-5,7-26H2,1-3H3. The molecule has 0 N–H and O–H groups in total. The molecule has 178 valence electrons. The average Bonchev–Trinajstić information content (AvgIpc) is 2.75. The van der Waals surface area contributed by atoms with Gasteiger partial charge in [-0.15, -0.1) is 0 Å². The van der Waals surface area contributed by atoms with E-state index in [1.807, 2.05) is 13.0 Å². The van der Waals surface area contributed by atoms with Crippen LogP contribution in [0.2, 0.25) is 0 Å². The smallest absolute Gasteiger partial charge is 0.333 e. The lowest BCUT2D eigenvalue weighted by atomic mass is 10.0. The Hall–Kier alpha value is -0.790. The highest BCUT2D eigenvalue weighted by Crippen LogP contribution is 2.15. The van der Waals surface area contributed by atoms with Gasteiger partial charge in [0.2, 0.25) is 0 Å². The molecule has 0 radical (unpaired) electrons. The summed E-state index contributed by atoms with van der Waals surface area (Å²) in [5.41, 5.74) is 0.877. The van der Waals surface area contributed by atoms with Crippen LogP contribution in [0.1, 0.15) is 156 Å². The lowest BCUT2D eigenvalue weighted by molar-refractivity contribution is -0.139. The van der Waals surface area contributed by atoms with Crippen molar-refractivity contribution in [2.24, 2.45) is 0 Å². The Balaban J connectivity index is 3.49. The van der Waals surface area contributed by atoms with Crippen LogP contribution in [0.5, 0.6) is 0 Å². The zero-order valence-corrected chi connectivity index (χ0v) is 21.0. The molecule has 0 aliphatic rings. The highest BCUT2D eigenvalue weighted by Gasteiger charge is 2.09. The van der Waals surface area contributed by atoms with Crippen LogP contribution in [-0.2, 0) is 9.53 Å². The predicted molar refractivity (Wildman–Crippen MR) is 133 cm³/mol. The molecule has 2 heteroatoms. The molecule has 0 unspecified atom stereocenters. The van der Waals surface area contributed by atoms with Crippen LogP contribution < -0.4 is 0 Å². The molecule has 0 aromatic heterocycles. The minimum atomic E-state index is -0.0793. The maximum Gasteiger partial charge on any atom is 0.333 e. The third-order valence-electron chi connectivity index (χ3n) is 6.14. The first-order valence-corrected chi connectivity index (χ1v) is 13.6. The Morgan fingerprint density at radius 3 is 1.33 bits per heavy atom. The maximum absolute atomic E-state index is 12.2. The van der Waals surface area contributed by atoms with Crippen LogP contribution >= 0.6 is 0 Å². The van der Waals surface area contributed by atoms with Crippen LogP contribution in [0.25, 0.3) is 0 Å². The molecule has 0 aliphatic heterocycles. The number of rotatable bonds is 23. The molecule has 0 aromatic rings.